The number of nitrogens with one attached hydrogen (secondary N) is 2. The van der Waals surface area contributed by atoms with Gasteiger partial charge in [0, 0.05) is 11.9 Å². The van der Waals surface area contributed by atoms with Crippen molar-refractivity contribution in [3.8, 4) is 0 Å². The number of hydrogen-bond acceptors (Lipinski definition) is 3. The highest BCUT2D eigenvalue weighted by Crippen LogP contribution is 2.35. The van der Waals surface area contributed by atoms with Crippen LogP contribution >= 0.6 is 0 Å². The third kappa shape index (κ3) is 3.85. The number of nitrogens with zero attached hydrogens (tertiary/aromatic N) is 1. The second-order valence-electron chi connectivity index (χ2n) is 7.12. The van der Waals surface area contributed by atoms with Crippen LogP contribution < -0.4 is 4.72 Å². The number of pyridine rings is 1. The molecule has 0 fully saturated rings. The lowest BCUT2D eigenvalue weighted by atomic mass is 9.81. The Labute approximate surface area is 158 Å². The van der Waals surface area contributed by atoms with E-state index in [1.54, 1.807) is 4.72 Å². The van der Waals surface area contributed by atoms with Gasteiger partial charge in [-0.2, -0.15) is 22.5 Å². The van der Waals surface area contributed by atoms with Crippen LogP contribution in [0.4, 0.5) is 27.8 Å². The van der Waals surface area contributed by atoms with Crippen molar-refractivity contribution < 1.29 is 30.4 Å². The molecule has 2 N–H and O–H groups in total. The Balaban J connectivity index is 1.91. The van der Waals surface area contributed by atoms with E-state index < -0.39 is 39.3 Å². The summed E-state index contributed by atoms with van der Waals surface area (Å²) in [5.41, 5.74) is -0.624. The van der Waals surface area contributed by atoms with Crippen LogP contribution in [0.2, 0.25) is 0 Å². The molecule has 1 atom stereocenters. The van der Waals surface area contributed by atoms with E-state index in [0.717, 1.165) is 12.1 Å². The van der Waals surface area contributed by atoms with E-state index in [9.17, 15) is 30.4 Å². The Hall–Kier alpha value is -2.17. The van der Waals surface area contributed by atoms with Gasteiger partial charge in [-0.05, 0) is 42.7 Å². The van der Waals surface area contributed by atoms with Gasteiger partial charge in [0.05, 0.1) is 0 Å². The van der Waals surface area contributed by atoms with Crippen molar-refractivity contribution >= 4 is 15.8 Å². The standard InChI is InChI=1S/C17H18F5N3O2S/c1-8(2)9-3-4-10-13(5-9)23-7-14(10)28(26,27)25-16-12(18)6-11(15(19)24-16)17(20,21)22/h6-9,23H,3-5H2,1-2H3,(H,24,25). The van der Waals surface area contributed by atoms with E-state index in [1.807, 2.05) is 0 Å². The van der Waals surface area contributed by atoms with Crippen LogP contribution in [0, 0.1) is 23.6 Å². The number of H-pyrrole nitrogens is 1. The van der Waals surface area contributed by atoms with E-state index in [-0.39, 0.29) is 11.0 Å². The van der Waals surface area contributed by atoms with Gasteiger partial charge in [-0.1, -0.05) is 13.8 Å². The molecular formula is C17H18F5N3O2S. The summed E-state index contributed by atoms with van der Waals surface area (Å²) in [7, 11) is -4.37. The minimum atomic E-state index is -5.15. The van der Waals surface area contributed by atoms with Crippen molar-refractivity contribution in [1.82, 2.24) is 9.97 Å². The molecule has 2 aromatic rings. The van der Waals surface area contributed by atoms with Crippen LogP contribution in [0.1, 0.15) is 37.1 Å². The molecule has 0 amide bonds. The van der Waals surface area contributed by atoms with Crippen molar-refractivity contribution in [2.75, 3.05) is 4.72 Å². The summed E-state index contributed by atoms with van der Waals surface area (Å²) in [6.07, 6.45) is -2.00. The quantitative estimate of drug-likeness (QED) is 0.570. The van der Waals surface area contributed by atoms with Gasteiger partial charge in [0.15, 0.2) is 11.6 Å². The number of aromatic nitrogens is 2. The van der Waals surface area contributed by atoms with Gasteiger partial charge in [0.25, 0.3) is 10.0 Å². The highest BCUT2D eigenvalue weighted by molar-refractivity contribution is 7.92. The molecule has 1 aliphatic rings. The summed E-state index contributed by atoms with van der Waals surface area (Å²) in [6, 6.07) is -0.125. The first-order chi connectivity index (χ1) is 12.9. The molecule has 2 heterocycles. The minimum Gasteiger partial charge on any atom is -0.363 e. The van der Waals surface area contributed by atoms with Gasteiger partial charge < -0.3 is 4.98 Å². The van der Waals surface area contributed by atoms with E-state index in [2.05, 4.69) is 23.8 Å². The Morgan fingerprint density at radius 3 is 2.57 bits per heavy atom. The van der Waals surface area contributed by atoms with Crippen LogP contribution in [0.15, 0.2) is 17.2 Å². The Morgan fingerprint density at radius 1 is 1.29 bits per heavy atom. The van der Waals surface area contributed by atoms with Crippen molar-refractivity contribution in [2.24, 2.45) is 11.8 Å². The van der Waals surface area contributed by atoms with E-state index in [1.165, 1.54) is 6.20 Å². The lowest BCUT2D eigenvalue weighted by Gasteiger charge is -2.25. The molecule has 2 aromatic heterocycles. The second kappa shape index (κ2) is 7.02. The molecule has 0 aromatic carbocycles. The molecule has 0 saturated heterocycles. The number of anilines is 1. The van der Waals surface area contributed by atoms with Crippen molar-refractivity contribution in [3.05, 3.63) is 40.8 Å². The third-order valence-corrected chi connectivity index (χ3v) is 6.37. The predicted octanol–water partition coefficient (Wildman–Crippen LogP) is 4.27. The highest BCUT2D eigenvalue weighted by Gasteiger charge is 2.37. The topological polar surface area (TPSA) is 74.8 Å². The monoisotopic (exact) mass is 423 g/mol. The van der Waals surface area contributed by atoms with Gasteiger partial charge in [-0.3, -0.25) is 4.72 Å². The first kappa shape index (κ1) is 20.6. The molecular weight excluding hydrogens is 405 g/mol. The lowest BCUT2D eigenvalue weighted by Crippen LogP contribution is -2.22. The zero-order valence-electron chi connectivity index (χ0n) is 15.0. The molecule has 11 heteroatoms. The summed E-state index contributed by atoms with van der Waals surface area (Å²) >= 11 is 0. The lowest BCUT2D eigenvalue weighted by molar-refractivity contribution is -0.140. The fourth-order valence-corrected chi connectivity index (χ4v) is 4.63. The van der Waals surface area contributed by atoms with Crippen molar-refractivity contribution in [1.29, 1.82) is 0 Å². The molecule has 0 saturated carbocycles. The maximum atomic E-state index is 13.9. The molecule has 154 valence electrons. The average molecular weight is 423 g/mol. The molecule has 3 rings (SSSR count). The van der Waals surface area contributed by atoms with Gasteiger partial charge in [0.1, 0.15) is 10.5 Å². The maximum Gasteiger partial charge on any atom is 0.420 e. The Kier molecular flexibility index (Phi) is 5.15. The molecule has 0 bridgehead atoms. The van der Waals surface area contributed by atoms with Crippen molar-refractivity contribution in [2.45, 2.75) is 44.2 Å². The average Bonchev–Trinajstić information content (AvgIpc) is 3.00. The number of fused-ring (bicyclic) bond motifs is 1. The molecule has 0 aliphatic heterocycles. The van der Waals surface area contributed by atoms with Crippen LogP contribution in [0.5, 0.6) is 0 Å². The Morgan fingerprint density at radius 2 is 1.96 bits per heavy atom. The predicted molar refractivity (Wildman–Crippen MR) is 91.1 cm³/mol. The first-order valence-corrected chi connectivity index (χ1v) is 10.0. The number of aromatic amines is 1. The van der Waals surface area contributed by atoms with Crippen LogP contribution in [-0.4, -0.2) is 18.4 Å². The number of alkyl halides is 3. The molecule has 0 spiro atoms. The number of hydrogen-bond donors (Lipinski definition) is 2. The molecule has 5 nitrogen and oxygen atoms in total. The van der Waals surface area contributed by atoms with Gasteiger partial charge in [-0.25, -0.2) is 12.8 Å². The maximum absolute atomic E-state index is 13.9. The summed E-state index contributed by atoms with van der Waals surface area (Å²) in [5.74, 6) is -3.96. The smallest absolute Gasteiger partial charge is 0.363 e. The Bertz CT molecular complexity index is 999. The van der Waals surface area contributed by atoms with Gasteiger partial charge >= 0.3 is 6.18 Å². The summed E-state index contributed by atoms with van der Waals surface area (Å²) < 4.78 is 92.3. The number of halogens is 5. The molecule has 1 unspecified atom stereocenters. The van der Waals surface area contributed by atoms with Crippen molar-refractivity contribution in [3.63, 3.8) is 0 Å². The largest absolute Gasteiger partial charge is 0.420 e. The second-order valence-corrected chi connectivity index (χ2v) is 8.77. The zero-order valence-corrected chi connectivity index (χ0v) is 15.8. The van der Waals surface area contributed by atoms with E-state index in [4.69, 9.17) is 0 Å². The molecule has 28 heavy (non-hydrogen) atoms. The first-order valence-electron chi connectivity index (χ1n) is 8.55. The third-order valence-electron chi connectivity index (χ3n) is 4.97. The van der Waals surface area contributed by atoms with Gasteiger partial charge in [0.2, 0.25) is 5.95 Å². The summed E-state index contributed by atoms with van der Waals surface area (Å²) in [5, 5.41) is 0. The SMILES string of the molecule is CC(C)C1CCc2c(S(=O)(=O)Nc3nc(F)c(C(F)(F)F)cc3F)c[nH]c2C1. The minimum absolute atomic E-state index is 0.125. The van der Waals surface area contributed by atoms with Crippen LogP contribution in [0.25, 0.3) is 0 Å². The van der Waals surface area contributed by atoms with E-state index >= 15 is 0 Å². The van der Waals surface area contributed by atoms with Gasteiger partial charge in [-0.15, -0.1) is 0 Å². The number of rotatable bonds is 4. The van der Waals surface area contributed by atoms with E-state index in [0.29, 0.717) is 30.2 Å². The zero-order chi connectivity index (χ0) is 20.9. The fraction of sp³-hybridized carbons (Fsp3) is 0.471. The number of sulfonamides is 1. The molecule has 0 radical (unpaired) electrons. The van der Waals surface area contributed by atoms with Crippen LogP contribution in [-0.2, 0) is 29.0 Å². The van der Waals surface area contributed by atoms with Crippen LogP contribution in [0.3, 0.4) is 0 Å². The summed E-state index contributed by atoms with van der Waals surface area (Å²) in [6.45, 7) is 4.15. The highest BCUT2D eigenvalue weighted by atomic mass is 32.2. The normalized spacial score (nSPS) is 17.6. The molecule has 1 aliphatic carbocycles. The summed E-state index contributed by atoms with van der Waals surface area (Å²) in [4.78, 5) is 5.57. The fourth-order valence-electron chi connectivity index (χ4n) is 3.35.